The number of carbonyl (C=O) groups is 2. The van der Waals surface area contributed by atoms with E-state index in [9.17, 15) is 9.59 Å². The molecule has 0 aliphatic rings. The Hall–Kier alpha value is -2.82. The van der Waals surface area contributed by atoms with Crippen molar-refractivity contribution in [2.75, 3.05) is 4.90 Å². The van der Waals surface area contributed by atoms with Crippen molar-refractivity contribution in [1.82, 2.24) is 0 Å². The number of nitrogens with zero attached hydrogens (tertiary/aromatic N) is 1. The topological polar surface area (TPSA) is 72.6 Å². The van der Waals surface area contributed by atoms with E-state index in [1.54, 1.807) is 48.5 Å². The number of urea groups is 1. The van der Waals surface area contributed by atoms with Gasteiger partial charge in [-0.15, -0.1) is 0 Å². The van der Waals surface area contributed by atoms with Gasteiger partial charge in [0.15, 0.2) is 0 Å². The lowest BCUT2D eigenvalue weighted by Gasteiger charge is -2.21. The summed E-state index contributed by atoms with van der Waals surface area (Å²) >= 11 is 0. The van der Waals surface area contributed by atoms with Gasteiger partial charge in [-0.3, -0.25) is 9.69 Å². The molecule has 0 saturated carbocycles. The molecule has 0 atom stereocenters. The van der Waals surface area contributed by atoms with Crippen LogP contribution >= 0.6 is 0 Å². The van der Waals surface area contributed by atoms with Crippen LogP contribution in [0.4, 0.5) is 16.2 Å². The minimum atomic E-state index is -0.615. The van der Waals surface area contributed by atoms with Gasteiger partial charge in [-0.05, 0) is 24.3 Å². The van der Waals surface area contributed by atoms with Gasteiger partial charge in [0.2, 0.25) is 0 Å². The fourth-order valence-corrected chi connectivity index (χ4v) is 1.83. The number of carbonyl (C=O) groups excluding carboxylic acids is 2. The normalized spacial score (nSPS) is 9.85. The van der Waals surface area contributed by atoms with E-state index in [1.165, 1.54) is 11.8 Å². The number of para-hydroxylation sites is 1. The van der Waals surface area contributed by atoms with Crippen LogP contribution in [0.15, 0.2) is 54.6 Å². The average molecular weight is 270 g/mol. The van der Waals surface area contributed by atoms with Crippen LogP contribution in [0.2, 0.25) is 0 Å². The Morgan fingerprint density at radius 2 is 1.65 bits per heavy atom. The Bertz CT molecular complexity index is 626. The lowest BCUT2D eigenvalue weighted by Crippen LogP contribution is -2.31. The van der Waals surface area contributed by atoms with E-state index in [0.717, 1.165) is 0 Å². The van der Waals surface area contributed by atoms with Gasteiger partial charge in [0.25, 0.3) is 0 Å². The number of ether oxygens (including phenoxy) is 1. The summed E-state index contributed by atoms with van der Waals surface area (Å²) < 4.78 is 5.00. The first-order chi connectivity index (χ1) is 9.58. The Morgan fingerprint density at radius 1 is 1.00 bits per heavy atom. The smallest absolute Gasteiger partial charge is 0.323 e. The Kier molecular flexibility index (Phi) is 4.00. The second-order valence-corrected chi connectivity index (χ2v) is 4.10. The number of nitrogens with two attached hydrogens (primary N) is 1. The van der Waals surface area contributed by atoms with Crippen molar-refractivity contribution in [3.05, 3.63) is 54.6 Å². The molecule has 5 nitrogen and oxygen atoms in total. The van der Waals surface area contributed by atoms with Crippen LogP contribution in [0.5, 0.6) is 5.75 Å². The summed E-state index contributed by atoms with van der Waals surface area (Å²) in [7, 11) is 0. The zero-order valence-electron chi connectivity index (χ0n) is 10.9. The minimum Gasteiger partial charge on any atom is -0.427 e. The van der Waals surface area contributed by atoms with Crippen molar-refractivity contribution in [3.8, 4) is 5.75 Å². The van der Waals surface area contributed by atoms with Gasteiger partial charge in [-0.25, -0.2) is 4.79 Å². The molecule has 0 aromatic heterocycles. The van der Waals surface area contributed by atoms with E-state index in [0.29, 0.717) is 17.1 Å². The molecule has 2 N–H and O–H groups in total. The van der Waals surface area contributed by atoms with Crippen LogP contribution in [0.25, 0.3) is 0 Å². The third kappa shape index (κ3) is 3.14. The molecule has 0 unspecified atom stereocenters. The molecule has 20 heavy (non-hydrogen) atoms. The number of benzene rings is 2. The molecule has 0 fully saturated rings. The fourth-order valence-electron chi connectivity index (χ4n) is 1.83. The highest BCUT2D eigenvalue weighted by atomic mass is 16.5. The summed E-state index contributed by atoms with van der Waals surface area (Å²) in [6.45, 7) is 1.32. The number of amides is 2. The molecule has 2 aromatic rings. The zero-order chi connectivity index (χ0) is 14.5. The molecule has 102 valence electrons. The van der Waals surface area contributed by atoms with Gasteiger partial charge < -0.3 is 10.5 Å². The minimum absolute atomic E-state index is 0.359. The number of hydrogen-bond donors (Lipinski definition) is 1. The molecule has 0 bridgehead atoms. The molecule has 0 spiro atoms. The molecular weight excluding hydrogens is 256 g/mol. The van der Waals surface area contributed by atoms with E-state index in [1.807, 2.05) is 6.07 Å². The predicted octanol–water partition coefficient (Wildman–Crippen LogP) is 2.83. The maximum Gasteiger partial charge on any atom is 0.323 e. The van der Waals surface area contributed by atoms with Gasteiger partial charge in [0.05, 0.1) is 11.4 Å². The van der Waals surface area contributed by atoms with Crippen LogP contribution in [0.3, 0.4) is 0 Å². The van der Waals surface area contributed by atoms with E-state index in [-0.39, 0.29) is 0 Å². The Morgan fingerprint density at radius 3 is 2.25 bits per heavy atom. The fraction of sp³-hybridized carbons (Fsp3) is 0.0667. The number of primary amides is 1. The van der Waals surface area contributed by atoms with Crippen molar-refractivity contribution in [3.63, 3.8) is 0 Å². The summed E-state index contributed by atoms with van der Waals surface area (Å²) in [5.74, 6) is -0.0651. The summed E-state index contributed by atoms with van der Waals surface area (Å²) in [5.41, 5.74) is 6.60. The van der Waals surface area contributed by atoms with Crippen molar-refractivity contribution < 1.29 is 14.3 Å². The third-order valence-corrected chi connectivity index (χ3v) is 2.57. The molecular formula is C15H14N2O3. The maximum absolute atomic E-state index is 11.7. The van der Waals surface area contributed by atoms with Crippen molar-refractivity contribution in [2.24, 2.45) is 5.73 Å². The second kappa shape index (κ2) is 5.88. The first kappa shape index (κ1) is 13.6. The number of anilines is 2. The summed E-state index contributed by atoms with van der Waals surface area (Å²) in [4.78, 5) is 24.0. The van der Waals surface area contributed by atoms with E-state index in [4.69, 9.17) is 10.5 Å². The molecule has 5 heteroatoms. The first-order valence-electron chi connectivity index (χ1n) is 6.01. The van der Waals surface area contributed by atoms with Crippen molar-refractivity contribution in [2.45, 2.75) is 6.92 Å². The van der Waals surface area contributed by atoms with Gasteiger partial charge in [-0.2, -0.15) is 0 Å². The Labute approximate surface area is 116 Å². The molecule has 2 amide bonds. The Balaban J connectivity index is 2.40. The number of esters is 1. The SMILES string of the molecule is CC(=O)Oc1cccc(N(C(N)=O)c2ccccc2)c1. The number of rotatable bonds is 3. The maximum atomic E-state index is 11.7. The summed E-state index contributed by atoms with van der Waals surface area (Å²) in [6, 6.07) is 15.0. The molecule has 2 rings (SSSR count). The lowest BCUT2D eigenvalue weighted by molar-refractivity contribution is -0.131. The van der Waals surface area contributed by atoms with Crippen LogP contribution in [-0.2, 0) is 4.79 Å². The largest absolute Gasteiger partial charge is 0.427 e. The van der Waals surface area contributed by atoms with Gasteiger partial charge in [0.1, 0.15) is 5.75 Å². The van der Waals surface area contributed by atoms with Gasteiger partial charge >= 0.3 is 12.0 Å². The second-order valence-electron chi connectivity index (χ2n) is 4.10. The molecule has 2 aromatic carbocycles. The highest BCUT2D eigenvalue weighted by molar-refractivity contribution is 5.98. The van der Waals surface area contributed by atoms with Crippen LogP contribution in [0, 0.1) is 0 Å². The summed E-state index contributed by atoms with van der Waals surface area (Å²) in [6.07, 6.45) is 0. The van der Waals surface area contributed by atoms with E-state index >= 15 is 0 Å². The highest BCUT2D eigenvalue weighted by Gasteiger charge is 2.15. The quantitative estimate of drug-likeness (QED) is 0.688. The number of hydrogen-bond acceptors (Lipinski definition) is 3. The van der Waals surface area contributed by atoms with Crippen LogP contribution in [0.1, 0.15) is 6.92 Å². The highest BCUT2D eigenvalue weighted by Crippen LogP contribution is 2.28. The first-order valence-corrected chi connectivity index (χ1v) is 6.01. The molecule has 0 aliphatic heterocycles. The van der Waals surface area contributed by atoms with Gasteiger partial charge in [-0.1, -0.05) is 24.3 Å². The predicted molar refractivity (Wildman–Crippen MR) is 75.9 cm³/mol. The van der Waals surface area contributed by atoms with E-state index < -0.39 is 12.0 Å². The summed E-state index contributed by atoms with van der Waals surface area (Å²) in [5, 5.41) is 0. The third-order valence-electron chi connectivity index (χ3n) is 2.57. The monoisotopic (exact) mass is 270 g/mol. The standard InChI is InChI=1S/C15H14N2O3/c1-11(18)20-14-9-5-8-13(10-14)17(15(16)19)12-6-3-2-4-7-12/h2-10H,1H3,(H2,16,19). The molecule has 0 radical (unpaired) electrons. The molecule has 0 heterocycles. The van der Waals surface area contributed by atoms with E-state index in [2.05, 4.69) is 0 Å². The zero-order valence-corrected chi connectivity index (χ0v) is 10.9. The average Bonchev–Trinajstić information content (AvgIpc) is 2.39. The van der Waals surface area contributed by atoms with Crippen LogP contribution in [-0.4, -0.2) is 12.0 Å². The van der Waals surface area contributed by atoms with Crippen molar-refractivity contribution in [1.29, 1.82) is 0 Å². The molecule has 0 saturated heterocycles. The van der Waals surface area contributed by atoms with Crippen molar-refractivity contribution >= 4 is 23.4 Å². The van der Waals surface area contributed by atoms with Crippen LogP contribution < -0.4 is 15.4 Å². The van der Waals surface area contributed by atoms with Gasteiger partial charge in [0, 0.05) is 13.0 Å². The molecule has 0 aliphatic carbocycles. The lowest BCUT2D eigenvalue weighted by atomic mass is 10.2.